The van der Waals surface area contributed by atoms with Gasteiger partial charge in [0, 0.05) is 19.2 Å². The highest BCUT2D eigenvalue weighted by molar-refractivity contribution is 5.38. The minimum absolute atomic E-state index is 0.765. The second-order valence-corrected chi connectivity index (χ2v) is 4.46. The van der Waals surface area contributed by atoms with E-state index in [-0.39, 0.29) is 0 Å². The van der Waals surface area contributed by atoms with E-state index in [1.165, 1.54) is 24.4 Å². The van der Waals surface area contributed by atoms with Crippen molar-refractivity contribution in [3.05, 3.63) is 11.8 Å². The van der Waals surface area contributed by atoms with E-state index in [0.717, 1.165) is 25.4 Å². The van der Waals surface area contributed by atoms with E-state index >= 15 is 0 Å². The lowest BCUT2D eigenvalue weighted by Gasteiger charge is -2.14. The first kappa shape index (κ1) is 9.56. The van der Waals surface area contributed by atoms with Crippen molar-refractivity contribution >= 4 is 5.82 Å². The highest BCUT2D eigenvalue weighted by Gasteiger charge is 2.11. The summed E-state index contributed by atoms with van der Waals surface area (Å²) in [7, 11) is 0. The van der Waals surface area contributed by atoms with Crippen LogP contribution in [0.4, 0.5) is 5.82 Å². The fraction of sp³-hybridized carbons (Fsp3) is 0.727. The molecule has 1 aromatic heterocycles. The first-order valence-corrected chi connectivity index (χ1v) is 5.56. The first-order chi connectivity index (χ1) is 6.75. The Morgan fingerprint density at radius 3 is 3.14 bits per heavy atom. The van der Waals surface area contributed by atoms with Crippen molar-refractivity contribution < 1.29 is 0 Å². The summed E-state index contributed by atoms with van der Waals surface area (Å²) in [5.41, 5.74) is 1.24. The zero-order valence-corrected chi connectivity index (χ0v) is 9.08. The summed E-state index contributed by atoms with van der Waals surface area (Å²) in [5, 5.41) is 7.95. The lowest BCUT2D eigenvalue weighted by molar-refractivity contribution is 0.545. The van der Waals surface area contributed by atoms with Gasteiger partial charge in [-0.25, -0.2) is 4.68 Å². The zero-order valence-electron chi connectivity index (χ0n) is 9.08. The summed E-state index contributed by atoms with van der Waals surface area (Å²) >= 11 is 0. The van der Waals surface area contributed by atoms with Crippen molar-refractivity contribution in [1.29, 1.82) is 0 Å². The minimum atomic E-state index is 0.765. The van der Waals surface area contributed by atoms with Gasteiger partial charge in [-0.3, -0.25) is 0 Å². The lowest BCUT2D eigenvalue weighted by atomic mass is 10.1. The monoisotopic (exact) mass is 193 g/mol. The van der Waals surface area contributed by atoms with Gasteiger partial charge in [0.15, 0.2) is 0 Å². The number of fused-ring (bicyclic) bond motifs is 1. The van der Waals surface area contributed by atoms with Crippen LogP contribution < -0.4 is 5.32 Å². The SMILES string of the molecule is CC(C)CCc1cc2n(n1)CCCN2. The number of aromatic nitrogens is 2. The molecule has 1 aliphatic heterocycles. The zero-order chi connectivity index (χ0) is 9.97. The van der Waals surface area contributed by atoms with Crippen molar-refractivity contribution in [1.82, 2.24) is 9.78 Å². The number of hydrogen-bond acceptors (Lipinski definition) is 2. The standard InChI is InChI=1S/C11H19N3/c1-9(2)4-5-10-8-11-12-6-3-7-14(11)13-10/h8-9,12H,3-7H2,1-2H3. The molecule has 78 valence electrons. The molecular formula is C11H19N3. The van der Waals surface area contributed by atoms with Crippen molar-refractivity contribution in [3.8, 4) is 0 Å². The van der Waals surface area contributed by atoms with E-state index in [1.54, 1.807) is 0 Å². The van der Waals surface area contributed by atoms with E-state index in [4.69, 9.17) is 0 Å². The highest BCUT2D eigenvalue weighted by Crippen LogP contribution is 2.17. The van der Waals surface area contributed by atoms with E-state index in [0.29, 0.717) is 0 Å². The van der Waals surface area contributed by atoms with Crippen LogP contribution in [0.25, 0.3) is 0 Å². The Morgan fingerprint density at radius 1 is 1.57 bits per heavy atom. The average Bonchev–Trinajstić information content (AvgIpc) is 2.57. The maximum absolute atomic E-state index is 4.58. The number of nitrogens with one attached hydrogen (secondary N) is 1. The highest BCUT2D eigenvalue weighted by atomic mass is 15.3. The molecule has 1 N–H and O–H groups in total. The van der Waals surface area contributed by atoms with E-state index in [2.05, 4.69) is 35.0 Å². The van der Waals surface area contributed by atoms with Gasteiger partial charge in [0.25, 0.3) is 0 Å². The van der Waals surface area contributed by atoms with Crippen LogP contribution in [-0.4, -0.2) is 16.3 Å². The Balaban J connectivity index is 2.01. The number of anilines is 1. The molecule has 14 heavy (non-hydrogen) atoms. The van der Waals surface area contributed by atoms with Gasteiger partial charge in [0.05, 0.1) is 5.69 Å². The Morgan fingerprint density at radius 2 is 2.43 bits per heavy atom. The smallest absolute Gasteiger partial charge is 0.124 e. The topological polar surface area (TPSA) is 29.9 Å². The Hall–Kier alpha value is -0.990. The molecular weight excluding hydrogens is 174 g/mol. The van der Waals surface area contributed by atoms with Gasteiger partial charge in [0.1, 0.15) is 5.82 Å². The van der Waals surface area contributed by atoms with Crippen molar-refractivity contribution in [2.24, 2.45) is 5.92 Å². The molecule has 0 saturated carbocycles. The quantitative estimate of drug-likeness (QED) is 0.798. The summed E-state index contributed by atoms with van der Waals surface area (Å²) in [4.78, 5) is 0. The average molecular weight is 193 g/mol. The molecule has 2 heterocycles. The molecule has 0 aliphatic carbocycles. The van der Waals surface area contributed by atoms with E-state index < -0.39 is 0 Å². The van der Waals surface area contributed by atoms with E-state index in [9.17, 15) is 0 Å². The van der Waals surface area contributed by atoms with Crippen LogP contribution in [0.15, 0.2) is 6.07 Å². The summed E-state index contributed by atoms with van der Waals surface area (Å²) in [6, 6.07) is 2.20. The van der Waals surface area contributed by atoms with Gasteiger partial charge < -0.3 is 5.32 Å². The Labute approximate surface area is 85.5 Å². The number of hydrogen-bond donors (Lipinski definition) is 1. The summed E-state index contributed by atoms with van der Waals surface area (Å²) in [6.45, 7) is 6.68. The largest absolute Gasteiger partial charge is 0.370 e. The normalized spacial score (nSPS) is 15.4. The fourth-order valence-corrected chi connectivity index (χ4v) is 1.79. The maximum Gasteiger partial charge on any atom is 0.124 e. The molecule has 0 fully saturated rings. The maximum atomic E-state index is 4.58. The molecule has 0 amide bonds. The lowest BCUT2D eigenvalue weighted by Crippen LogP contribution is -2.17. The fourth-order valence-electron chi connectivity index (χ4n) is 1.79. The van der Waals surface area contributed by atoms with Crippen LogP contribution in [-0.2, 0) is 13.0 Å². The summed E-state index contributed by atoms with van der Waals surface area (Å²) in [5.74, 6) is 1.97. The van der Waals surface area contributed by atoms with Gasteiger partial charge in [-0.05, 0) is 25.2 Å². The van der Waals surface area contributed by atoms with Gasteiger partial charge in [-0.1, -0.05) is 13.8 Å². The molecule has 0 atom stereocenters. The molecule has 0 radical (unpaired) electrons. The summed E-state index contributed by atoms with van der Waals surface area (Å²) in [6.07, 6.45) is 3.54. The Kier molecular flexibility index (Phi) is 2.75. The van der Waals surface area contributed by atoms with E-state index in [1.807, 2.05) is 0 Å². The molecule has 0 bridgehead atoms. The van der Waals surface area contributed by atoms with Crippen LogP contribution in [0.1, 0.15) is 32.4 Å². The van der Waals surface area contributed by atoms with Gasteiger partial charge in [0.2, 0.25) is 0 Å². The Bertz CT molecular complexity index is 278. The third-order valence-electron chi connectivity index (χ3n) is 2.66. The number of rotatable bonds is 3. The number of nitrogens with zero attached hydrogens (tertiary/aromatic N) is 2. The van der Waals surface area contributed by atoms with Crippen molar-refractivity contribution in [2.75, 3.05) is 11.9 Å². The minimum Gasteiger partial charge on any atom is -0.370 e. The molecule has 1 aliphatic rings. The van der Waals surface area contributed by atoms with Crippen LogP contribution in [0.5, 0.6) is 0 Å². The molecule has 0 aromatic carbocycles. The molecule has 3 heteroatoms. The molecule has 0 saturated heterocycles. The van der Waals surface area contributed by atoms with Crippen LogP contribution >= 0.6 is 0 Å². The first-order valence-electron chi connectivity index (χ1n) is 5.56. The molecule has 3 nitrogen and oxygen atoms in total. The van der Waals surface area contributed by atoms with Crippen LogP contribution in [0, 0.1) is 5.92 Å². The molecule has 2 rings (SSSR count). The van der Waals surface area contributed by atoms with Gasteiger partial charge >= 0.3 is 0 Å². The molecule has 0 unspecified atom stereocenters. The van der Waals surface area contributed by atoms with Crippen molar-refractivity contribution in [3.63, 3.8) is 0 Å². The third-order valence-corrected chi connectivity index (χ3v) is 2.66. The van der Waals surface area contributed by atoms with Gasteiger partial charge in [-0.15, -0.1) is 0 Å². The molecule has 0 spiro atoms. The van der Waals surface area contributed by atoms with Crippen LogP contribution in [0.3, 0.4) is 0 Å². The number of aryl methyl sites for hydroxylation is 2. The molecule has 1 aromatic rings. The second kappa shape index (κ2) is 4.03. The second-order valence-electron chi connectivity index (χ2n) is 4.46. The predicted octanol–water partition coefficient (Wildman–Crippen LogP) is 2.29. The van der Waals surface area contributed by atoms with Gasteiger partial charge in [-0.2, -0.15) is 5.10 Å². The summed E-state index contributed by atoms with van der Waals surface area (Å²) < 4.78 is 2.10. The predicted molar refractivity (Wildman–Crippen MR) is 58.5 cm³/mol. The van der Waals surface area contributed by atoms with Crippen molar-refractivity contribution in [2.45, 2.75) is 39.7 Å². The van der Waals surface area contributed by atoms with Crippen LogP contribution in [0.2, 0.25) is 0 Å². The third kappa shape index (κ3) is 2.08.